The van der Waals surface area contributed by atoms with Crippen LogP contribution in [0.5, 0.6) is 5.75 Å². The molecule has 3 aliphatic rings. The molecule has 3 heterocycles. The van der Waals surface area contributed by atoms with Crippen molar-refractivity contribution < 1.29 is 14.3 Å². The van der Waals surface area contributed by atoms with Crippen LogP contribution < -0.4 is 21.5 Å². The molecule has 2 saturated heterocycles. The normalized spacial score (nSPS) is 18.4. The average molecular weight is 707 g/mol. The van der Waals surface area contributed by atoms with Crippen LogP contribution in [0.25, 0.3) is 0 Å². The fraction of sp³-hybridized carbons (Fsp3) is 0.304. The number of likely N-dealkylation sites (tertiary alicyclic amines) is 1. The summed E-state index contributed by atoms with van der Waals surface area (Å²) in [6.07, 6.45) is 3.90. The van der Waals surface area contributed by atoms with Gasteiger partial charge in [0.15, 0.2) is 0 Å². The Morgan fingerprint density at radius 3 is 1.66 bits per heavy atom. The lowest BCUT2D eigenvalue weighted by atomic mass is 9.64. The fourth-order valence-electron chi connectivity index (χ4n) is 9.15. The Bertz CT molecular complexity index is 1890. The summed E-state index contributed by atoms with van der Waals surface area (Å²) >= 11 is 0. The van der Waals surface area contributed by atoms with Crippen molar-refractivity contribution in [3.8, 4) is 5.75 Å². The van der Waals surface area contributed by atoms with Gasteiger partial charge in [0.05, 0.1) is 6.61 Å². The lowest BCUT2D eigenvalue weighted by molar-refractivity contribution is -0.124. The maximum absolute atomic E-state index is 13.2. The second-order valence-electron chi connectivity index (χ2n) is 14.6. The number of fused-ring (bicyclic) bond motifs is 1. The van der Waals surface area contributed by atoms with Crippen molar-refractivity contribution in [2.24, 2.45) is 23.3 Å². The van der Waals surface area contributed by atoms with Gasteiger partial charge in [-0.3, -0.25) is 9.59 Å². The summed E-state index contributed by atoms with van der Waals surface area (Å²) in [6.45, 7) is 5.36. The minimum absolute atomic E-state index is 0.137. The van der Waals surface area contributed by atoms with Gasteiger partial charge in [-0.1, -0.05) is 133 Å². The van der Waals surface area contributed by atoms with Crippen molar-refractivity contribution in [1.82, 2.24) is 10.2 Å². The van der Waals surface area contributed by atoms with Gasteiger partial charge >= 0.3 is 0 Å². The van der Waals surface area contributed by atoms with E-state index in [-0.39, 0.29) is 23.7 Å². The molecule has 7 nitrogen and oxygen atoms in total. The summed E-state index contributed by atoms with van der Waals surface area (Å²) in [5, 5.41) is 3.36. The Hall–Kier alpha value is -5.24. The van der Waals surface area contributed by atoms with Crippen molar-refractivity contribution in [3.63, 3.8) is 0 Å². The molecule has 8 rings (SSSR count). The molecular weight excluding hydrogens is 657 g/mol. The van der Waals surface area contributed by atoms with Crippen LogP contribution in [0.1, 0.15) is 46.2 Å². The lowest BCUT2D eigenvalue weighted by Gasteiger charge is -2.37. The zero-order chi connectivity index (χ0) is 36.7. The van der Waals surface area contributed by atoms with Crippen molar-refractivity contribution in [2.45, 2.75) is 36.5 Å². The number of rotatable bonds is 11. The van der Waals surface area contributed by atoms with Crippen molar-refractivity contribution in [3.05, 3.63) is 173 Å². The molecule has 2 amide bonds. The van der Waals surface area contributed by atoms with E-state index >= 15 is 0 Å². The molecule has 5 N–H and O–H groups in total. The van der Waals surface area contributed by atoms with Gasteiger partial charge in [-0.25, -0.2) is 0 Å². The van der Waals surface area contributed by atoms with Gasteiger partial charge in [-0.2, -0.15) is 0 Å². The van der Waals surface area contributed by atoms with Gasteiger partial charge in [0, 0.05) is 19.5 Å². The number of ether oxygens (including phenoxy) is 1. The van der Waals surface area contributed by atoms with Crippen LogP contribution in [0.15, 0.2) is 140 Å². The van der Waals surface area contributed by atoms with E-state index in [0.29, 0.717) is 0 Å². The molecule has 3 aliphatic heterocycles. The summed E-state index contributed by atoms with van der Waals surface area (Å²) in [6, 6.07) is 46.6. The van der Waals surface area contributed by atoms with Gasteiger partial charge in [0.2, 0.25) is 11.8 Å². The molecule has 0 radical (unpaired) electrons. The number of nitrogens with two attached hydrogens (primary N) is 2. The summed E-state index contributed by atoms with van der Waals surface area (Å²) in [7, 11) is 0. The fourth-order valence-corrected chi connectivity index (χ4v) is 9.15. The van der Waals surface area contributed by atoms with E-state index in [0.717, 1.165) is 93.0 Å². The van der Waals surface area contributed by atoms with Crippen LogP contribution in [-0.4, -0.2) is 56.0 Å². The largest absolute Gasteiger partial charge is 0.493 e. The molecule has 0 bridgehead atoms. The summed E-state index contributed by atoms with van der Waals surface area (Å²) in [4.78, 5) is 28.3. The van der Waals surface area contributed by atoms with Gasteiger partial charge < -0.3 is 26.4 Å². The third-order valence-corrected chi connectivity index (χ3v) is 11.7. The molecule has 1 unspecified atom stereocenters. The number of carbonyl (C=O) groups excluding carboxylic acids is 2. The van der Waals surface area contributed by atoms with Crippen LogP contribution in [0.4, 0.5) is 0 Å². The molecule has 5 aromatic rings. The van der Waals surface area contributed by atoms with Crippen LogP contribution in [-0.2, 0) is 33.3 Å². The summed E-state index contributed by atoms with van der Waals surface area (Å²) in [5.74, 6) is 0.818. The van der Waals surface area contributed by atoms with Crippen LogP contribution in [0.2, 0.25) is 0 Å². The van der Waals surface area contributed by atoms with Crippen LogP contribution in [0.3, 0.4) is 0 Å². The SMILES string of the molecule is NC(=O)C(c1ccccc1)(c1ccccc1)C1CCNC1.NC(=O)C(c1ccccc1)(c1ccccc1)[C@@H]1CCN(CCc2ccc3c(c2)CCO3)C1. The molecule has 2 atom stereocenters. The Balaban J connectivity index is 0.000000179. The zero-order valence-electron chi connectivity index (χ0n) is 30.3. The minimum Gasteiger partial charge on any atom is -0.493 e. The maximum Gasteiger partial charge on any atom is 0.232 e. The molecule has 53 heavy (non-hydrogen) atoms. The average Bonchev–Trinajstić information content (AvgIpc) is 4.00. The molecule has 272 valence electrons. The van der Waals surface area contributed by atoms with E-state index in [4.69, 9.17) is 16.2 Å². The Kier molecular flexibility index (Phi) is 11.0. The van der Waals surface area contributed by atoms with E-state index in [1.165, 1.54) is 11.1 Å². The number of hydrogen-bond acceptors (Lipinski definition) is 5. The van der Waals surface area contributed by atoms with Crippen molar-refractivity contribution >= 4 is 11.8 Å². The van der Waals surface area contributed by atoms with E-state index in [1.807, 2.05) is 121 Å². The van der Waals surface area contributed by atoms with E-state index < -0.39 is 10.8 Å². The van der Waals surface area contributed by atoms with Crippen LogP contribution >= 0.6 is 0 Å². The first-order chi connectivity index (χ1) is 25.9. The highest BCUT2D eigenvalue weighted by Gasteiger charge is 2.50. The summed E-state index contributed by atoms with van der Waals surface area (Å²) < 4.78 is 5.64. The number of hydrogen-bond donors (Lipinski definition) is 3. The first-order valence-corrected chi connectivity index (χ1v) is 18.9. The number of amides is 2. The first-order valence-electron chi connectivity index (χ1n) is 18.9. The van der Waals surface area contributed by atoms with E-state index in [2.05, 4.69) is 28.4 Å². The van der Waals surface area contributed by atoms with Gasteiger partial charge in [-0.05, 0) is 90.2 Å². The molecule has 0 aromatic heterocycles. The minimum atomic E-state index is -0.817. The predicted molar refractivity (Wildman–Crippen MR) is 211 cm³/mol. The van der Waals surface area contributed by atoms with Gasteiger partial charge in [0.25, 0.3) is 0 Å². The second kappa shape index (κ2) is 16.2. The molecule has 0 saturated carbocycles. The third kappa shape index (κ3) is 7.11. The lowest BCUT2D eigenvalue weighted by Crippen LogP contribution is -2.49. The Labute approximate surface area is 313 Å². The number of benzene rings is 5. The number of primary amides is 2. The zero-order valence-corrected chi connectivity index (χ0v) is 30.3. The predicted octanol–water partition coefficient (Wildman–Crippen LogP) is 6.03. The molecule has 0 aliphatic carbocycles. The standard InChI is InChI=1S/C28H30N2O2.C18H20N2O/c29-27(31)28(23-7-3-1-4-8-23,24-9-5-2-6-10-24)25-14-17-30(20-25)16-13-21-11-12-26-22(19-21)15-18-32-26;19-17(21)18(16-11-12-20-13-16,14-7-3-1-4-8-14)15-9-5-2-6-10-15/h1-12,19,25H,13-18,20H2,(H2,29,31);1-10,16,20H,11-13H2,(H2,19,21)/t25-;/m1./s1. The third-order valence-electron chi connectivity index (χ3n) is 11.7. The van der Waals surface area contributed by atoms with E-state index in [9.17, 15) is 9.59 Å². The van der Waals surface area contributed by atoms with Crippen molar-refractivity contribution in [2.75, 3.05) is 39.3 Å². The molecule has 7 heteroatoms. The smallest absolute Gasteiger partial charge is 0.232 e. The highest BCUT2D eigenvalue weighted by molar-refractivity contribution is 5.92. The second-order valence-corrected chi connectivity index (χ2v) is 14.6. The molecule has 0 spiro atoms. The molecule has 5 aromatic carbocycles. The topological polar surface area (TPSA) is 111 Å². The number of nitrogens with one attached hydrogen (secondary N) is 1. The van der Waals surface area contributed by atoms with Gasteiger partial charge in [-0.15, -0.1) is 0 Å². The number of nitrogens with zero attached hydrogens (tertiary/aromatic N) is 1. The molecular formula is C46H50N4O3. The first kappa shape index (κ1) is 36.1. The highest BCUT2D eigenvalue weighted by atomic mass is 16.5. The van der Waals surface area contributed by atoms with Crippen LogP contribution in [0, 0.1) is 11.8 Å². The maximum atomic E-state index is 13.2. The van der Waals surface area contributed by atoms with Crippen molar-refractivity contribution in [1.29, 1.82) is 0 Å². The quantitative estimate of drug-likeness (QED) is 0.156. The molecule has 2 fully saturated rings. The highest BCUT2D eigenvalue weighted by Crippen LogP contribution is 2.44. The van der Waals surface area contributed by atoms with E-state index in [1.54, 1.807) is 0 Å². The Morgan fingerprint density at radius 2 is 1.19 bits per heavy atom. The van der Waals surface area contributed by atoms with Gasteiger partial charge in [0.1, 0.15) is 16.6 Å². The number of carbonyl (C=O) groups is 2. The monoisotopic (exact) mass is 706 g/mol. The Morgan fingerprint density at radius 1 is 0.679 bits per heavy atom. The summed E-state index contributed by atoms with van der Waals surface area (Å²) in [5.41, 5.74) is 17.2.